The summed E-state index contributed by atoms with van der Waals surface area (Å²) in [7, 11) is 0. The number of hydrogen-bond donors (Lipinski definition) is 2. The molecule has 0 spiro atoms. The largest absolute Gasteiger partial charge is 0.375 e. The van der Waals surface area contributed by atoms with Gasteiger partial charge in [-0.25, -0.2) is 0 Å². The quantitative estimate of drug-likeness (QED) is 0.499. The molecule has 0 saturated heterocycles. The van der Waals surface area contributed by atoms with Gasteiger partial charge in [-0.05, 0) is 24.7 Å². The van der Waals surface area contributed by atoms with Crippen molar-refractivity contribution in [2.75, 3.05) is 0 Å². The lowest BCUT2D eigenvalue weighted by Crippen LogP contribution is -2.24. The van der Waals surface area contributed by atoms with Crippen LogP contribution in [-0.4, -0.2) is 21.8 Å². The van der Waals surface area contributed by atoms with E-state index in [-0.39, 0.29) is 11.0 Å². The number of aromatic nitrogens is 1. The van der Waals surface area contributed by atoms with Crippen LogP contribution in [-0.2, 0) is 0 Å². The van der Waals surface area contributed by atoms with Gasteiger partial charge in [0.1, 0.15) is 5.15 Å². The van der Waals surface area contributed by atoms with Gasteiger partial charge >= 0.3 is 0 Å². The van der Waals surface area contributed by atoms with E-state index >= 15 is 0 Å². The number of nitrogens with zero attached hydrogens (tertiary/aromatic N) is 2. The van der Waals surface area contributed by atoms with Crippen molar-refractivity contribution in [2.45, 2.75) is 26.2 Å². The highest BCUT2D eigenvalue weighted by atomic mass is 35.5. The lowest BCUT2D eigenvalue weighted by atomic mass is 10.2. The molecule has 0 aliphatic carbocycles. The maximum atomic E-state index is 12.4. The van der Waals surface area contributed by atoms with E-state index in [4.69, 9.17) is 29.6 Å². The predicted molar refractivity (Wildman–Crippen MR) is 94.6 cm³/mol. The second-order valence-corrected chi connectivity index (χ2v) is 5.59. The highest BCUT2D eigenvalue weighted by molar-refractivity contribution is 7.80. The third-order valence-electron chi connectivity index (χ3n) is 3.22. The summed E-state index contributed by atoms with van der Waals surface area (Å²) in [5.74, 6) is -0.0231. The van der Waals surface area contributed by atoms with Crippen molar-refractivity contribution in [3.8, 4) is 0 Å². The number of benzene rings is 1. The van der Waals surface area contributed by atoms with Gasteiger partial charge in [0.05, 0.1) is 11.7 Å². The van der Waals surface area contributed by atoms with Crippen molar-refractivity contribution < 1.29 is 4.79 Å². The lowest BCUT2D eigenvalue weighted by molar-refractivity contribution is 0.0905. The first-order chi connectivity index (χ1) is 10.6. The van der Waals surface area contributed by atoms with Crippen molar-refractivity contribution in [1.82, 2.24) is 9.99 Å². The molecule has 1 heterocycles. The number of nitrogens with one attached hydrogen (secondary N) is 1. The molecular weight excluding hydrogens is 320 g/mol. The number of halogens is 1. The standard InChI is InChI=1S/C15H17ClN4OS/c1-2-3-8-13(21)20-12-7-5-4-6-10(12)11(14(20)16)9-18-19-15(17)22/h4-7,9H,2-3,8H2,1H3,(H3,17,19,22)/b18-9+. The van der Waals surface area contributed by atoms with Crippen molar-refractivity contribution in [3.05, 3.63) is 35.0 Å². The number of fused-ring (bicyclic) bond motifs is 1. The molecule has 3 N–H and O–H groups in total. The SMILES string of the molecule is CCCCC(=O)n1c(Cl)c(/C=N/NC(N)=S)c2ccccc21. The summed E-state index contributed by atoms with van der Waals surface area (Å²) in [6, 6.07) is 7.52. The molecule has 0 aliphatic heterocycles. The molecule has 0 amide bonds. The molecule has 1 aromatic heterocycles. The molecule has 0 fully saturated rings. The Morgan fingerprint density at radius 2 is 2.23 bits per heavy atom. The Bertz CT molecular complexity index is 738. The topological polar surface area (TPSA) is 72.4 Å². The third-order valence-corrected chi connectivity index (χ3v) is 3.68. The Hall–Kier alpha value is -1.92. The van der Waals surface area contributed by atoms with Gasteiger partial charge in [0.2, 0.25) is 5.91 Å². The Morgan fingerprint density at radius 3 is 2.91 bits per heavy atom. The highest BCUT2D eigenvalue weighted by Crippen LogP contribution is 2.29. The summed E-state index contributed by atoms with van der Waals surface area (Å²) in [5, 5.41) is 5.20. The van der Waals surface area contributed by atoms with Crippen LogP contribution in [0.4, 0.5) is 0 Å². The smallest absolute Gasteiger partial charge is 0.232 e. The van der Waals surface area contributed by atoms with E-state index in [9.17, 15) is 4.79 Å². The molecule has 2 rings (SSSR count). The minimum atomic E-state index is -0.0231. The zero-order valence-electron chi connectivity index (χ0n) is 12.2. The summed E-state index contributed by atoms with van der Waals surface area (Å²) in [5.41, 5.74) is 9.24. The monoisotopic (exact) mass is 336 g/mol. The van der Waals surface area contributed by atoms with Crippen LogP contribution >= 0.6 is 23.8 Å². The molecule has 7 heteroatoms. The minimum absolute atomic E-state index is 0.0231. The normalized spacial score (nSPS) is 11.2. The van der Waals surface area contributed by atoms with Gasteiger partial charge in [-0.3, -0.25) is 14.8 Å². The molecular formula is C15H17ClN4OS. The number of hydrogen-bond acceptors (Lipinski definition) is 3. The number of thiocarbonyl (C=S) groups is 1. The van der Waals surface area contributed by atoms with Gasteiger partial charge in [0.15, 0.2) is 5.11 Å². The average molecular weight is 337 g/mol. The van der Waals surface area contributed by atoms with Gasteiger partial charge in [0, 0.05) is 17.4 Å². The third kappa shape index (κ3) is 3.45. The second-order valence-electron chi connectivity index (χ2n) is 4.79. The first-order valence-corrected chi connectivity index (χ1v) is 7.75. The van der Waals surface area contributed by atoms with Crippen LogP contribution in [0.2, 0.25) is 5.15 Å². The van der Waals surface area contributed by atoms with Gasteiger partial charge in [-0.1, -0.05) is 43.1 Å². The fourth-order valence-electron chi connectivity index (χ4n) is 2.20. The molecule has 0 unspecified atom stereocenters. The van der Waals surface area contributed by atoms with Gasteiger partial charge in [-0.15, -0.1) is 0 Å². The number of carbonyl (C=O) groups is 1. The first-order valence-electron chi connectivity index (χ1n) is 6.97. The Balaban J connectivity index is 2.49. The molecule has 116 valence electrons. The number of hydrazone groups is 1. The number of rotatable bonds is 5. The maximum Gasteiger partial charge on any atom is 0.232 e. The van der Waals surface area contributed by atoms with E-state index in [0.29, 0.717) is 17.1 Å². The molecule has 22 heavy (non-hydrogen) atoms. The number of carbonyl (C=O) groups excluding carboxylic acids is 1. The molecule has 0 bridgehead atoms. The van der Waals surface area contributed by atoms with E-state index in [0.717, 1.165) is 23.7 Å². The van der Waals surface area contributed by atoms with Gasteiger partial charge in [-0.2, -0.15) is 5.10 Å². The molecule has 0 aliphatic rings. The summed E-state index contributed by atoms with van der Waals surface area (Å²) >= 11 is 11.1. The van der Waals surface area contributed by atoms with Gasteiger partial charge < -0.3 is 5.73 Å². The van der Waals surface area contributed by atoms with E-state index < -0.39 is 0 Å². The van der Waals surface area contributed by atoms with Crippen LogP contribution in [0.15, 0.2) is 29.4 Å². The predicted octanol–water partition coefficient (Wildman–Crippen LogP) is 3.29. The van der Waals surface area contributed by atoms with Crippen LogP contribution in [0.1, 0.15) is 36.5 Å². The summed E-state index contributed by atoms with van der Waals surface area (Å²) in [6.45, 7) is 2.04. The Kier molecular flexibility index (Phi) is 5.51. The molecule has 0 saturated carbocycles. The number of nitrogens with two attached hydrogens (primary N) is 1. The zero-order valence-corrected chi connectivity index (χ0v) is 13.7. The zero-order chi connectivity index (χ0) is 16.1. The van der Waals surface area contributed by atoms with E-state index in [1.165, 1.54) is 10.8 Å². The Labute approximate surface area is 139 Å². The number of unbranched alkanes of at least 4 members (excludes halogenated alkanes) is 1. The van der Waals surface area contributed by atoms with Crippen LogP contribution in [0.25, 0.3) is 10.9 Å². The van der Waals surface area contributed by atoms with E-state index in [2.05, 4.69) is 10.5 Å². The molecule has 5 nitrogen and oxygen atoms in total. The second kappa shape index (κ2) is 7.38. The molecule has 0 radical (unpaired) electrons. The number of para-hydroxylation sites is 1. The summed E-state index contributed by atoms with van der Waals surface area (Å²) in [6.07, 6.45) is 3.76. The van der Waals surface area contributed by atoms with E-state index in [1.54, 1.807) is 0 Å². The fraction of sp³-hybridized carbons (Fsp3) is 0.267. The van der Waals surface area contributed by atoms with Crippen molar-refractivity contribution >= 4 is 52.0 Å². The molecule has 0 atom stereocenters. The average Bonchev–Trinajstić information content (AvgIpc) is 2.77. The van der Waals surface area contributed by atoms with Crippen LogP contribution in [0.3, 0.4) is 0 Å². The highest BCUT2D eigenvalue weighted by Gasteiger charge is 2.18. The lowest BCUT2D eigenvalue weighted by Gasteiger charge is -2.04. The Morgan fingerprint density at radius 1 is 1.50 bits per heavy atom. The van der Waals surface area contributed by atoms with Gasteiger partial charge in [0.25, 0.3) is 0 Å². The van der Waals surface area contributed by atoms with Crippen molar-refractivity contribution in [3.63, 3.8) is 0 Å². The first kappa shape index (κ1) is 16.5. The van der Waals surface area contributed by atoms with Crippen molar-refractivity contribution in [1.29, 1.82) is 0 Å². The van der Waals surface area contributed by atoms with Crippen molar-refractivity contribution in [2.24, 2.45) is 10.8 Å². The summed E-state index contributed by atoms with van der Waals surface area (Å²) in [4.78, 5) is 12.4. The van der Waals surface area contributed by atoms with Crippen LogP contribution in [0, 0.1) is 0 Å². The molecule has 2 aromatic rings. The summed E-state index contributed by atoms with van der Waals surface area (Å²) < 4.78 is 1.54. The van der Waals surface area contributed by atoms with E-state index in [1.807, 2.05) is 31.2 Å². The fourth-order valence-corrected chi connectivity index (χ4v) is 2.59. The molecule has 1 aromatic carbocycles. The van der Waals surface area contributed by atoms with Crippen LogP contribution in [0.5, 0.6) is 0 Å². The maximum absolute atomic E-state index is 12.4. The minimum Gasteiger partial charge on any atom is -0.375 e. The van der Waals surface area contributed by atoms with Crippen LogP contribution < -0.4 is 11.2 Å².